The zero-order chi connectivity index (χ0) is 30.9. The van der Waals surface area contributed by atoms with Crippen molar-refractivity contribution >= 4 is 49.9 Å². The van der Waals surface area contributed by atoms with Crippen LogP contribution in [0.25, 0.3) is 32.3 Å². The predicted molar refractivity (Wildman–Crippen MR) is 181 cm³/mol. The number of fused-ring (bicyclic) bond motifs is 3. The van der Waals surface area contributed by atoms with E-state index >= 15 is 0 Å². The standard InChI is InChI=1S/C40H34N2O3/c1-41(34-19-21-42(22-20-34)39(44)33-18-17-27-9-2-3-11-29(27)23-33)40(45)37-25-31-13-5-4-12-30(31)24-36(37)38(43)26-32-15-8-14-28-10-6-7-16-35(28)32/h2-18,23-25,34H,19-22,26H2,1H3. The number of nitrogens with zero attached hydrogens (tertiary/aromatic N) is 2. The molecule has 0 aromatic heterocycles. The number of likely N-dealkylation sites (tertiary alicyclic amines) is 1. The van der Waals surface area contributed by atoms with Gasteiger partial charge in [0.1, 0.15) is 0 Å². The van der Waals surface area contributed by atoms with Crippen LogP contribution in [0.15, 0.2) is 121 Å². The highest BCUT2D eigenvalue weighted by Gasteiger charge is 2.30. The van der Waals surface area contributed by atoms with E-state index in [1.54, 1.807) is 4.90 Å². The molecule has 1 fully saturated rings. The fourth-order valence-corrected chi connectivity index (χ4v) is 6.68. The van der Waals surface area contributed by atoms with Crippen molar-refractivity contribution in [2.45, 2.75) is 25.3 Å². The summed E-state index contributed by atoms with van der Waals surface area (Å²) in [5.74, 6) is -0.227. The van der Waals surface area contributed by atoms with E-state index in [1.165, 1.54) is 0 Å². The molecule has 0 spiro atoms. The summed E-state index contributed by atoms with van der Waals surface area (Å²) in [6, 6.07) is 39.5. The van der Waals surface area contributed by atoms with Crippen LogP contribution in [0.3, 0.4) is 0 Å². The number of piperidine rings is 1. The van der Waals surface area contributed by atoms with Gasteiger partial charge in [-0.15, -0.1) is 0 Å². The molecule has 0 N–H and O–H groups in total. The summed E-state index contributed by atoms with van der Waals surface area (Å²) >= 11 is 0. The molecule has 1 saturated heterocycles. The molecule has 222 valence electrons. The number of carbonyl (C=O) groups is 3. The Kier molecular flexibility index (Phi) is 7.60. The Bertz CT molecular complexity index is 2090. The first-order valence-corrected chi connectivity index (χ1v) is 15.5. The fraction of sp³-hybridized carbons (Fsp3) is 0.175. The molecular weight excluding hydrogens is 556 g/mol. The topological polar surface area (TPSA) is 57.7 Å². The largest absolute Gasteiger partial charge is 0.339 e. The van der Waals surface area contributed by atoms with Crippen LogP contribution in [0.5, 0.6) is 0 Å². The molecule has 0 bridgehead atoms. The minimum atomic E-state index is -0.165. The van der Waals surface area contributed by atoms with Crippen LogP contribution in [0, 0.1) is 0 Å². The Morgan fingerprint density at radius 2 is 1.22 bits per heavy atom. The zero-order valence-electron chi connectivity index (χ0n) is 25.3. The van der Waals surface area contributed by atoms with Crippen LogP contribution in [0.4, 0.5) is 0 Å². The van der Waals surface area contributed by atoms with Crippen molar-refractivity contribution < 1.29 is 14.4 Å². The average molecular weight is 591 g/mol. The third kappa shape index (κ3) is 5.58. The van der Waals surface area contributed by atoms with Gasteiger partial charge in [0.25, 0.3) is 11.8 Å². The molecule has 0 atom stereocenters. The van der Waals surface area contributed by atoms with Crippen molar-refractivity contribution in [2.24, 2.45) is 0 Å². The second-order valence-electron chi connectivity index (χ2n) is 12.0. The zero-order valence-corrected chi connectivity index (χ0v) is 25.3. The lowest BCUT2D eigenvalue weighted by molar-refractivity contribution is 0.0567. The van der Waals surface area contributed by atoms with Gasteiger partial charge in [-0.3, -0.25) is 14.4 Å². The summed E-state index contributed by atoms with van der Waals surface area (Å²) in [5.41, 5.74) is 2.50. The Morgan fingerprint density at radius 1 is 0.644 bits per heavy atom. The van der Waals surface area contributed by atoms with Crippen LogP contribution < -0.4 is 0 Å². The van der Waals surface area contributed by atoms with E-state index < -0.39 is 0 Å². The molecule has 45 heavy (non-hydrogen) atoms. The van der Waals surface area contributed by atoms with E-state index in [0.717, 1.165) is 37.9 Å². The second-order valence-corrected chi connectivity index (χ2v) is 12.0. The lowest BCUT2D eigenvalue weighted by Gasteiger charge is -2.37. The van der Waals surface area contributed by atoms with Crippen molar-refractivity contribution in [3.63, 3.8) is 0 Å². The van der Waals surface area contributed by atoms with E-state index in [2.05, 4.69) is 0 Å². The Morgan fingerprint density at radius 3 is 1.93 bits per heavy atom. The first-order chi connectivity index (χ1) is 22.0. The molecule has 6 aromatic carbocycles. The second kappa shape index (κ2) is 12.0. The molecule has 7 rings (SSSR count). The van der Waals surface area contributed by atoms with Crippen LogP contribution in [0.2, 0.25) is 0 Å². The summed E-state index contributed by atoms with van der Waals surface area (Å²) in [4.78, 5) is 45.1. The van der Waals surface area contributed by atoms with Crippen LogP contribution in [-0.2, 0) is 6.42 Å². The molecule has 6 aromatic rings. The van der Waals surface area contributed by atoms with E-state index in [1.807, 2.05) is 133 Å². The number of benzene rings is 6. The van der Waals surface area contributed by atoms with Gasteiger partial charge in [-0.25, -0.2) is 0 Å². The molecule has 2 amide bonds. The summed E-state index contributed by atoms with van der Waals surface area (Å²) in [5, 5.41) is 6.14. The smallest absolute Gasteiger partial charge is 0.254 e. The summed E-state index contributed by atoms with van der Waals surface area (Å²) in [7, 11) is 1.82. The Balaban J connectivity index is 1.11. The SMILES string of the molecule is CN(C(=O)c1cc2ccccc2cc1C(=O)Cc1cccc2ccccc12)C1CCN(C(=O)c2ccc3ccccc3c2)CC1. The third-order valence-corrected chi connectivity index (χ3v) is 9.26. The van der Waals surface area contributed by atoms with Crippen LogP contribution in [-0.4, -0.2) is 53.6 Å². The number of Topliss-reactive ketones (excluding diaryl/α,β-unsaturated/α-hetero) is 1. The van der Waals surface area contributed by atoms with Crippen molar-refractivity contribution in [1.29, 1.82) is 0 Å². The van der Waals surface area contributed by atoms with Crippen LogP contribution >= 0.6 is 0 Å². The maximum atomic E-state index is 14.1. The Labute approximate surface area is 262 Å². The highest BCUT2D eigenvalue weighted by Crippen LogP contribution is 2.27. The number of carbonyl (C=O) groups excluding carboxylic acids is 3. The van der Waals surface area contributed by atoms with Crippen molar-refractivity contribution in [2.75, 3.05) is 20.1 Å². The van der Waals surface area contributed by atoms with Gasteiger partial charge in [-0.2, -0.15) is 0 Å². The first-order valence-electron chi connectivity index (χ1n) is 15.5. The molecule has 1 aliphatic rings. The molecule has 5 nitrogen and oxygen atoms in total. The number of hydrogen-bond acceptors (Lipinski definition) is 3. The van der Waals surface area contributed by atoms with Gasteiger partial charge < -0.3 is 9.80 Å². The Hall–Kier alpha value is -5.29. The summed E-state index contributed by atoms with van der Waals surface area (Å²) in [6.45, 7) is 1.14. The van der Waals surface area contributed by atoms with Gasteiger partial charge in [-0.1, -0.05) is 97.1 Å². The number of hydrogen-bond donors (Lipinski definition) is 0. The maximum absolute atomic E-state index is 14.1. The molecule has 0 radical (unpaired) electrons. The normalized spacial score (nSPS) is 13.8. The minimum Gasteiger partial charge on any atom is -0.339 e. The predicted octanol–water partition coefficient (Wildman–Crippen LogP) is 7.95. The van der Waals surface area contributed by atoms with Crippen molar-refractivity contribution in [3.05, 3.63) is 144 Å². The van der Waals surface area contributed by atoms with E-state index in [9.17, 15) is 14.4 Å². The first kappa shape index (κ1) is 28.5. The molecule has 0 saturated carbocycles. The molecular formula is C40H34N2O3. The van der Waals surface area contributed by atoms with Crippen molar-refractivity contribution in [3.8, 4) is 0 Å². The van der Waals surface area contributed by atoms with Gasteiger partial charge in [-0.05, 0) is 75.0 Å². The quantitative estimate of drug-likeness (QED) is 0.185. The van der Waals surface area contributed by atoms with Crippen molar-refractivity contribution in [1.82, 2.24) is 9.80 Å². The average Bonchev–Trinajstić information content (AvgIpc) is 3.10. The van der Waals surface area contributed by atoms with Gasteiger partial charge in [0.05, 0.1) is 5.56 Å². The van der Waals surface area contributed by atoms with Gasteiger partial charge >= 0.3 is 0 Å². The summed E-state index contributed by atoms with van der Waals surface area (Å²) in [6.07, 6.45) is 1.56. The van der Waals surface area contributed by atoms with Gasteiger partial charge in [0, 0.05) is 43.7 Å². The molecule has 1 heterocycles. The maximum Gasteiger partial charge on any atom is 0.254 e. The lowest BCUT2D eigenvalue weighted by Crippen LogP contribution is -2.47. The molecule has 1 aliphatic heterocycles. The highest BCUT2D eigenvalue weighted by atomic mass is 16.2. The highest BCUT2D eigenvalue weighted by molar-refractivity contribution is 6.12. The minimum absolute atomic E-state index is 0.0176. The lowest BCUT2D eigenvalue weighted by atomic mass is 9.92. The van der Waals surface area contributed by atoms with E-state index in [4.69, 9.17) is 0 Å². The van der Waals surface area contributed by atoms with Crippen LogP contribution in [0.1, 0.15) is 49.5 Å². The van der Waals surface area contributed by atoms with Gasteiger partial charge in [0.2, 0.25) is 0 Å². The number of amides is 2. The summed E-state index contributed by atoms with van der Waals surface area (Å²) < 4.78 is 0. The number of rotatable bonds is 6. The van der Waals surface area contributed by atoms with E-state index in [-0.39, 0.29) is 30.1 Å². The molecule has 0 aliphatic carbocycles. The van der Waals surface area contributed by atoms with Gasteiger partial charge in [0.15, 0.2) is 5.78 Å². The fourth-order valence-electron chi connectivity index (χ4n) is 6.68. The molecule has 0 unspecified atom stereocenters. The van der Waals surface area contributed by atoms with E-state index in [0.29, 0.717) is 42.6 Å². The number of ketones is 1. The molecule has 5 heteroatoms. The third-order valence-electron chi connectivity index (χ3n) is 9.26. The monoisotopic (exact) mass is 590 g/mol.